The average molecular weight is 275 g/mol. The van der Waals surface area contributed by atoms with Gasteiger partial charge in [0.2, 0.25) is 5.95 Å². The second-order valence-electron chi connectivity index (χ2n) is 2.87. The summed E-state index contributed by atoms with van der Waals surface area (Å²) in [6, 6.07) is 1.92. The topological polar surface area (TPSA) is 29.0 Å². The largest absolute Gasteiger partial charge is 0.341 e. The number of halogens is 1. The van der Waals surface area contributed by atoms with Crippen LogP contribution in [-0.2, 0) is 0 Å². The van der Waals surface area contributed by atoms with E-state index in [-0.39, 0.29) is 0 Å². The summed E-state index contributed by atoms with van der Waals surface area (Å²) in [5, 5.41) is 0. The summed E-state index contributed by atoms with van der Waals surface area (Å²) >= 11 is 2.21. The van der Waals surface area contributed by atoms with Crippen molar-refractivity contribution in [2.45, 2.75) is 12.8 Å². The van der Waals surface area contributed by atoms with E-state index in [9.17, 15) is 0 Å². The molecule has 64 valence electrons. The molecule has 0 bridgehead atoms. The predicted molar refractivity (Wildman–Crippen MR) is 56.2 cm³/mol. The van der Waals surface area contributed by atoms with Crippen LogP contribution in [-0.4, -0.2) is 23.1 Å². The zero-order chi connectivity index (χ0) is 8.39. The highest BCUT2D eigenvalue weighted by molar-refractivity contribution is 14.1. The van der Waals surface area contributed by atoms with Crippen LogP contribution in [0.25, 0.3) is 0 Å². The van der Waals surface area contributed by atoms with E-state index in [1.807, 2.05) is 12.3 Å². The molecule has 0 aromatic carbocycles. The van der Waals surface area contributed by atoms with Crippen LogP contribution in [0, 0.1) is 3.70 Å². The number of nitrogens with zero attached hydrogens (tertiary/aromatic N) is 3. The van der Waals surface area contributed by atoms with Crippen LogP contribution in [0.15, 0.2) is 12.3 Å². The minimum atomic E-state index is 0.888. The molecule has 1 aromatic heterocycles. The van der Waals surface area contributed by atoms with Crippen LogP contribution in [0.2, 0.25) is 0 Å². The quantitative estimate of drug-likeness (QED) is 0.577. The minimum absolute atomic E-state index is 0.888. The van der Waals surface area contributed by atoms with Crippen LogP contribution < -0.4 is 4.90 Å². The molecule has 0 unspecified atom stereocenters. The lowest BCUT2D eigenvalue weighted by Gasteiger charge is -2.13. The molecular formula is C8H10IN3. The molecule has 2 rings (SSSR count). The molecule has 2 heterocycles. The maximum atomic E-state index is 4.36. The Hall–Kier alpha value is -0.390. The van der Waals surface area contributed by atoms with Crippen molar-refractivity contribution in [3.05, 3.63) is 16.0 Å². The molecule has 1 aliphatic heterocycles. The van der Waals surface area contributed by atoms with Crippen LogP contribution in [0.1, 0.15) is 12.8 Å². The Bertz CT molecular complexity index is 271. The molecule has 0 atom stereocenters. The summed E-state index contributed by atoms with van der Waals surface area (Å²) in [7, 11) is 0. The van der Waals surface area contributed by atoms with Gasteiger partial charge in [0.25, 0.3) is 0 Å². The fourth-order valence-electron chi connectivity index (χ4n) is 1.40. The maximum Gasteiger partial charge on any atom is 0.226 e. The molecule has 12 heavy (non-hydrogen) atoms. The SMILES string of the molecule is Ic1ccnc(N2CCCC2)n1. The van der Waals surface area contributed by atoms with Gasteiger partial charge in [-0.15, -0.1) is 0 Å². The Labute approximate surface area is 85.3 Å². The van der Waals surface area contributed by atoms with Crippen molar-refractivity contribution in [3.63, 3.8) is 0 Å². The zero-order valence-electron chi connectivity index (χ0n) is 6.70. The summed E-state index contributed by atoms with van der Waals surface area (Å²) in [6.07, 6.45) is 4.37. The van der Waals surface area contributed by atoms with E-state index in [4.69, 9.17) is 0 Å². The standard InChI is InChI=1S/C8H10IN3/c9-7-3-4-10-8(11-7)12-5-1-2-6-12/h3-4H,1-2,5-6H2. The van der Waals surface area contributed by atoms with E-state index in [1.54, 1.807) is 0 Å². The van der Waals surface area contributed by atoms with E-state index in [1.165, 1.54) is 12.8 Å². The Balaban J connectivity index is 2.21. The van der Waals surface area contributed by atoms with Gasteiger partial charge < -0.3 is 4.90 Å². The van der Waals surface area contributed by atoms with Crippen molar-refractivity contribution in [3.8, 4) is 0 Å². The van der Waals surface area contributed by atoms with Crippen molar-refractivity contribution >= 4 is 28.5 Å². The van der Waals surface area contributed by atoms with Crippen LogP contribution in [0.4, 0.5) is 5.95 Å². The molecule has 0 aliphatic carbocycles. The van der Waals surface area contributed by atoms with Crippen LogP contribution in [0.5, 0.6) is 0 Å². The summed E-state index contributed by atoms with van der Waals surface area (Å²) < 4.78 is 1.02. The van der Waals surface area contributed by atoms with Gasteiger partial charge >= 0.3 is 0 Å². The van der Waals surface area contributed by atoms with Gasteiger partial charge in [-0.1, -0.05) is 0 Å². The highest BCUT2D eigenvalue weighted by Gasteiger charge is 2.14. The third kappa shape index (κ3) is 1.68. The van der Waals surface area contributed by atoms with Crippen LogP contribution in [0.3, 0.4) is 0 Å². The van der Waals surface area contributed by atoms with E-state index in [0.29, 0.717) is 0 Å². The molecule has 1 aromatic rings. The Morgan fingerprint density at radius 3 is 2.75 bits per heavy atom. The summed E-state index contributed by atoms with van der Waals surface area (Å²) in [5.74, 6) is 0.888. The fourth-order valence-corrected chi connectivity index (χ4v) is 1.77. The molecule has 0 radical (unpaired) electrons. The molecule has 0 spiro atoms. The van der Waals surface area contributed by atoms with Gasteiger partial charge in [0.05, 0.1) is 0 Å². The van der Waals surface area contributed by atoms with Gasteiger partial charge in [-0.25, -0.2) is 9.97 Å². The third-order valence-electron chi connectivity index (χ3n) is 2.00. The lowest BCUT2D eigenvalue weighted by molar-refractivity contribution is 0.892. The van der Waals surface area contributed by atoms with E-state index >= 15 is 0 Å². The monoisotopic (exact) mass is 275 g/mol. The molecular weight excluding hydrogens is 265 g/mol. The number of rotatable bonds is 1. The second-order valence-corrected chi connectivity index (χ2v) is 3.98. The normalized spacial score (nSPS) is 16.9. The highest BCUT2D eigenvalue weighted by Crippen LogP contribution is 2.15. The molecule has 0 saturated carbocycles. The van der Waals surface area contributed by atoms with Crippen LogP contribution >= 0.6 is 22.6 Å². The first kappa shape index (κ1) is 8.22. The first-order valence-corrected chi connectivity index (χ1v) is 5.17. The number of anilines is 1. The van der Waals surface area contributed by atoms with Crippen molar-refractivity contribution < 1.29 is 0 Å². The smallest absolute Gasteiger partial charge is 0.226 e. The molecule has 1 saturated heterocycles. The Morgan fingerprint density at radius 2 is 2.08 bits per heavy atom. The van der Waals surface area contributed by atoms with Gasteiger partial charge in [0.1, 0.15) is 3.70 Å². The zero-order valence-corrected chi connectivity index (χ0v) is 8.86. The van der Waals surface area contributed by atoms with E-state index in [0.717, 1.165) is 22.7 Å². The summed E-state index contributed by atoms with van der Waals surface area (Å²) in [6.45, 7) is 2.22. The third-order valence-corrected chi connectivity index (χ3v) is 2.60. The van der Waals surface area contributed by atoms with Gasteiger partial charge in [-0.3, -0.25) is 0 Å². The van der Waals surface area contributed by atoms with Gasteiger partial charge in [0, 0.05) is 19.3 Å². The number of hydrogen-bond acceptors (Lipinski definition) is 3. The molecule has 1 aliphatic rings. The molecule has 4 heteroatoms. The van der Waals surface area contributed by atoms with E-state index < -0.39 is 0 Å². The van der Waals surface area contributed by atoms with Crippen molar-refractivity contribution in [1.29, 1.82) is 0 Å². The number of hydrogen-bond donors (Lipinski definition) is 0. The molecule has 0 N–H and O–H groups in total. The molecule has 1 fully saturated rings. The average Bonchev–Trinajstić information content (AvgIpc) is 2.56. The Kier molecular flexibility index (Phi) is 2.43. The lowest BCUT2D eigenvalue weighted by Crippen LogP contribution is -2.20. The van der Waals surface area contributed by atoms with Gasteiger partial charge in [-0.05, 0) is 41.5 Å². The highest BCUT2D eigenvalue weighted by atomic mass is 127. The predicted octanol–water partition coefficient (Wildman–Crippen LogP) is 1.68. The summed E-state index contributed by atoms with van der Waals surface area (Å²) in [5.41, 5.74) is 0. The van der Waals surface area contributed by atoms with Crippen molar-refractivity contribution in [1.82, 2.24) is 9.97 Å². The fraction of sp³-hybridized carbons (Fsp3) is 0.500. The molecule has 0 amide bonds. The minimum Gasteiger partial charge on any atom is -0.341 e. The first-order valence-electron chi connectivity index (χ1n) is 4.10. The van der Waals surface area contributed by atoms with Crippen molar-refractivity contribution in [2.24, 2.45) is 0 Å². The Morgan fingerprint density at radius 1 is 1.33 bits per heavy atom. The van der Waals surface area contributed by atoms with E-state index in [2.05, 4.69) is 37.5 Å². The second kappa shape index (κ2) is 3.55. The van der Waals surface area contributed by atoms with Gasteiger partial charge in [0.15, 0.2) is 0 Å². The van der Waals surface area contributed by atoms with Gasteiger partial charge in [-0.2, -0.15) is 0 Å². The lowest BCUT2D eigenvalue weighted by atomic mass is 10.4. The first-order chi connectivity index (χ1) is 5.86. The molecule has 3 nitrogen and oxygen atoms in total. The number of aromatic nitrogens is 2. The summed E-state index contributed by atoms with van der Waals surface area (Å²) in [4.78, 5) is 10.8. The van der Waals surface area contributed by atoms with Crippen molar-refractivity contribution in [2.75, 3.05) is 18.0 Å². The maximum absolute atomic E-state index is 4.36.